The molecule has 0 aliphatic heterocycles. The Hall–Kier alpha value is -5.66. The Morgan fingerprint density at radius 1 is 0.978 bits per heavy atom. The molecule has 2 aromatic carbocycles. The first kappa shape index (κ1) is 29.4. The molecule has 2 N–H and O–H groups in total. The minimum absolute atomic E-state index is 0.0321. The summed E-state index contributed by atoms with van der Waals surface area (Å²) in [5.74, 6) is -1.96. The van der Waals surface area contributed by atoms with Crippen LogP contribution in [0.4, 0.5) is 33.6 Å². The summed E-state index contributed by atoms with van der Waals surface area (Å²) >= 11 is 0. The van der Waals surface area contributed by atoms with Gasteiger partial charge in [0.2, 0.25) is 11.9 Å². The largest absolute Gasteiger partial charge is 0.457 e. The van der Waals surface area contributed by atoms with Gasteiger partial charge < -0.3 is 19.6 Å². The number of H-pyrrole nitrogens is 1. The Morgan fingerprint density at radius 2 is 1.76 bits per heavy atom. The number of rotatable bonds is 8. The number of carbonyl (C=O) groups is 1. The van der Waals surface area contributed by atoms with E-state index in [1.54, 1.807) is 54.3 Å². The van der Waals surface area contributed by atoms with Crippen molar-refractivity contribution in [3.05, 3.63) is 107 Å². The molecule has 0 saturated carbocycles. The van der Waals surface area contributed by atoms with Crippen LogP contribution in [0, 0.1) is 18.7 Å². The predicted octanol–water partition coefficient (Wildman–Crippen LogP) is 7.32. The van der Waals surface area contributed by atoms with E-state index in [4.69, 9.17) is 4.74 Å². The molecule has 0 saturated heterocycles. The Balaban J connectivity index is 1.24. The van der Waals surface area contributed by atoms with Crippen LogP contribution in [0.1, 0.15) is 27.2 Å². The van der Waals surface area contributed by atoms with E-state index in [1.165, 1.54) is 6.07 Å². The zero-order valence-corrected chi connectivity index (χ0v) is 23.6. The maximum absolute atomic E-state index is 14.0. The number of aromatic nitrogens is 6. The van der Waals surface area contributed by atoms with Crippen molar-refractivity contribution in [2.75, 3.05) is 5.32 Å². The van der Waals surface area contributed by atoms with Crippen LogP contribution in [0.15, 0.2) is 73.2 Å². The number of aromatic amines is 1. The van der Waals surface area contributed by atoms with Crippen molar-refractivity contribution in [3.63, 3.8) is 0 Å². The van der Waals surface area contributed by atoms with Crippen LogP contribution in [-0.2, 0) is 19.6 Å². The first-order valence-corrected chi connectivity index (χ1v) is 13.4. The van der Waals surface area contributed by atoms with E-state index in [-0.39, 0.29) is 11.6 Å². The van der Waals surface area contributed by atoms with Gasteiger partial charge in [-0.1, -0.05) is 6.07 Å². The highest BCUT2D eigenvalue weighted by atomic mass is 19.4. The number of hydrogen-bond donors (Lipinski definition) is 2. The van der Waals surface area contributed by atoms with Crippen LogP contribution in [-0.4, -0.2) is 35.3 Å². The summed E-state index contributed by atoms with van der Waals surface area (Å²) in [6.07, 6.45) is -1.64. The smallest absolute Gasteiger partial charge is 0.416 e. The molecule has 0 fully saturated rings. The molecular formula is C31H22F5N7O2. The number of imidazole rings is 2. The van der Waals surface area contributed by atoms with Gasteiger partial charge in [-0.15, -0.1) is 0 Å². The van der Waals surface area contributed by atoms with Gasteiger partial charge in [0.1, 0.15) is 28.6 Å². The monoisotopic (exact) mass is 619 g/mol. The number of benzene rings is 2. The number of aryl methyl sites for hydroxylation is 2. The molecule has 0 amide bonds. The third-order valence-electron chi connectivity index (χ3n) is 6.92. The standard InChI is InChI=1S/C31H22F5N7O2/c1-16-15-39-29(40-16)24-14-20(7-9-37-24)45-19-5-6-25-23(13-19)42-30(43(25)2)41-18-4-3-17(21(12-18)31(34,35)36)11-26(44)27-22(32)8-10-38-28(27)33/h3-10,12-15H,11H2,1-2H3,(H,39,40)(H,41,42). The highest BCUT2D eigenvalue weighted by Gasteiger charge is 2.35. The lowest BCUT2D eigenvalue weighted by molar-refractivity contribution is -0.138. The number of nitrogens with zero attached hydrogens (tertiary/aromatic N) is 5. The minimum atomic E-state index is -4.86. The molecule has 4 heterocycles. The second-order valence-electron chi connectivity index (χ2n) is 10.1. The maximum Gasteiger partial charge on any atom is 0.416 e. The first-order valence-electron chi connectivity index (χ1n) is 13.4. The van der Waals surface area contributed by atoms with E-state index in [1.807, 2.05) is 6.92 Å². The minimum Gasteiger partial charge on any atom is -0.457 e. The van der Waals surface area contributed by atoms with Crippen LogP contribution in [0.2, 0.25) is 0 Å². The number of halogens is 5. The van der Waals surface area contributed by atoms with Gasteiger partial charge >= 0.3 is 6.18 Å². The third-order valence-corrected chi connectivity index (χ3v) is 6.92. The van der Waals surface area contributed by atoms with Crippen LogP contribution in [0.5, 0.6) is 11.5 Å². The molecule has 0 aliphatic rings. The Bertz CT molecular complexity index is 2050. The van der Waals surface area contributed by atoms with E-state index in [0.717, 1.165) is 30.1 Å². The topological polar surface area (TPSA) is 111 Å². The van der Waals surface area contributed by atoms with Gasteiger partial charge in [-0.2, -0.15) is 17.6 Å². The van der Waals surface area contributed by atoms with Crippen LogP contribution >= 0.6 is 0 Å². The predicted molar refractivity (Wildman–Crippen MR) is 154 cm³/mol. The second-order valence-corrected chi connectivity index (χ2v) is 10.1. The zero-order chi connectivity index (χ0) is 31.9. The van der Waals surface area contributed by atoms with Crippen molar-refractivity contribution in [1.29, 1.82) is 0 Å². The maximum atomic E-state index is 14.0. The molecule has 0 aliphatic carbocycles. The average molecular weight is 620 g/mol. The molecule has 6 rings (SSSR count). The summed E-state index contributed by atoms with van der Waals surface area (Å²) in [5.41, 5.74) is 0.110. The number of Topliss-reactive ketones (excluding diaryl/α,β-unsaturated/α-hetero) is 1. The lowest BCUT2D eigenvalue weighted by Crippen LogP contribution is -2.15. The molecule has 14 heteroatoms. The number of anilines is 2. The van der Waals surface area contributed by atoms with E-state index >= 15 is 0 Å². The number of ketones is 1. The fourth-order valence-electron chi connectivity index (χ4n) is 4.76. The summed E-state index contributed by atoms with van der Waals surface area (Å²) in [6, 6.07) is 12.6. The highest BCUT2D eigenvalue weighted by molar-refractivity contribution is 5.98. The van der Waals surface area contributed by atoms with Crippen molar-refractivity contribution in [1.82, 2.24) is 29.5 Å². The SMILES string of the molecule is Cc1cnc(-c2cc(Oc3ccc4c(c3)nc(Nc3ccc(CC(=O)c5c(F)ccnc5F)c(C(F)(F)F)c3)n4C)ccn2)[nH]1. The van der Waals surface area contributed by atoms with Crippen molar-refractivity contribution >= 4 is 28.5 Å². The van der Waals surface area contributed by atoms with Crippen molar-refractivity contribution in [3.8, 4) is 23.0 Å². The number of ether oxygens (including phenoxy) is 1. The quantitative estimate of drug-likeness (QED) is 0.104. The van der Waals surface area contributed by atoms with Crippen molar-refractivity contribution in [2.24, 2.45) is 7.05 Å². The molecule has 45 heavy (non-hydrogen) atoms. The molecular weight excluding hydrogens is 597 g/mol. The Labute approximate surface area is 251 Å². The number of fused-ring (bicyclic) bond motifs is 1. The van der Waals surface area contributed by atoms with Gasteiger partial charge in [-0.05, 0) is 48.9 Å². The van der Waals surface area contributed by atoms with Crippen LogP contribution in [0.3, 0.4) is 0 Å². The van der Waals surface area contributed by atoms with Gasteiger partial charge in [0.15, 0.2) is 11.6 Å². The van der Waals surface area contributed by atoms with Gasteiger partial charge in [0.25, 0.3) is 0 Å². The molecule has 9 nitrogen and oxygen atoms in total. The molecule has 228 valence electrons. The normalized spacial score (nSPS) is 11.6. The Kier molecular flexibility index (Phi) is 7.48. The van der Waals surface area contributed by atoms with Gasteiger partial charge in [-0.25, -0.2) is 19.3 Å². The summed E-state index contributed by atoms with van der Waals surface area (Å²) in [5, 5.41) is 2.88. The number of pyridine rings is 2. The lowest BCUT2D eigenvalue weighted by atomic mass is 9.98. The van der Waals surface area contributed by atoms with Crippen LogP contribution in [0.25, 0.3) is 22.6 Å². The summed E-state index contributed by atoms with van der Waals surface area (Å²) in [7, 11) is 1.69. The van der Waals surface area contributed by atoms with Gasteiger partial charge in [-0.3, -0.25) is 9.78 Å². The van der Waals surface area contributed by atoms with E-state index in [2.05, 4.69) is 30.2 Å². The summed E-state index contributed by atoms with van der Waals surface area (Å²) in [6.45, 7) is 1.88. The Morgan fingerprint density at radius 3 is 2.49 bits per heavy atom. The first-order chi connectivity index (χ1) is 21.5. The summed E-state index contributed by atoms with van der Waals surface area (Å²) in [4.78, 5) is 32.0. The number of nitrogens with one attached hydrogen (secondary N) is 2. The highest BCUT2D eigenvalue weighted by Crippen LogP contribution is 2.36. The molecule has 0 spiro atoms. The zero-order valence-electron chi connectivity index (χ0n) is 23.6. The fraction of sp³-hybridized carbons (Fsp3) is 0.129. The molecule has 6 aromatic rings. The number of carbonyl (C=O) groups excluding carboxylic acids is 1. The van der Waals surface area contributed by atoms with Gasteiger partial charge in [0, 0.05) is 55.6 Å². The van der Waals surface area contributed by atoms with E-state index < -0.39 is 46.8 Å². The second kappa shape index (κ2) is 11.4. The van der Waals surface area contributed by atoms with E-state index in [0.29, 0.717) is 34.1 Å². The van der Waals surface area contributed by atoms with E-state index in [9.17, 15) is 26.7 Å². The van der Waals surface area contributed by atoms with Crippen LogP contribution < -0.4 is 10.1 Å². The van der Waals surface area contributed by atoms with Crippen molar-refractivity contribution in [2.45, 2.75) is 19.5 Å². The average Bonchev–Trinajstić information content (AvgIpc) is 3.55. The number of alkyl halides is 3. The summed E-state index contributed by atoms with van der Waals surface area (Å²) < 4.78 is 77.7. The molecule has 0 radical (unpaired) electrons. The molecule has 0 unspecified atom stereocenters. The third kappa shape index (κ3) is 6.07. The fourth-order valence-corrected chi connectivity index (χ4v) is 4.76. The molecule has 4 aromatic heterocycles. The number of hydrogen-bond acceptors (Lipinski definition) is 7. The molecule has 0 atom stereocenters. The molecule has 0 bridgehead atoms. The van der Waals surface area contributed by atoms with Crippen molar-refractivity contribution < 1.29 is 31.5 Å². The lowest BCUT2D eigenvalue weighted by Gasteiger charge is -2.15. The van der Waals surface area contributed by atoms with Gasteiger partial charge in [0.05, 0.1) is 16.6 Å².